The second-order valence-electron chi connectivity index (χ2n) is 34.7. The second-order valence-corrected chi connectivity index (χ2v) is 40.9. The third-order valence-corrected chi connectivity index (χ3v) is 26.0. The van der Waals surface area contributed by atoms with Gasteiger partial charge in [0, 0.05) is 99.6 Å². The van der Waals surface area contributed by atoms with E-state index < -0.39 is 0 Å². The Labute approximate surface area is 854 Å². The molecule has 0 atom stereocenters. The van der Waals surface area contributed by atoms with Gasteiger partial charge in [0.05, 0.1) is 0 Å². The van der Waals surface area contributed by atoms with E-state index in [1.54, 1.807) is 0 Å². The summed E-state index contributed by atoms with van der Waals surface area (Å²) >= 11 is 62.4. The van der Waals surface area contributed by atoms with Crippen LogP contribution in [0.5, 0.6) is 0 Å². The maximum absolute atomic E-state index is 5.20. The van der Waals surface area contributed by atoms with Crippen molar-refractivity contribution in [2.75, 3.05) is 78.5 Å². The Hall–Kier alpha value is 1.70. The van der Waals surface area contributed by atoms with Gasteiger partial charge >= 0.3 is 0 Å². The molecule has 0 aliphatic rings. The molecule has 0 fully saturated rings. The molecular weight excluding hydrogens is 1820 g/mol. The molecule has 0 N–H and O–H groups in total. The number of hydrogen-bond donors (Lipinski definition) is 0. The van der Waals surface area contributed by atoms with Gasteiger partial charge in [0.2, 0.25) is 0 Å². The van der Waals surface area contributed by atoms with Crippen LogP contribution in [-0.2, 0) is 110 Å². The van der Waals surface area contributed by atoms with Crippen molar-refractivity contribution in [3.05, 3.63) is 0 Å². The van der Waals surface area contributed by atoms with Crippen LogP contribution in [0.15, 0.2) is 0 Å². The molecule has 0 aromatic heterocycles. The summed E-state index contributed by atoms with van der Waals surface area (Å²) in [5, 5.41) is 0. The summed E-state index contributed by atoms with van der Waals surface area (Å²) < 4.78 is 4.04. The molecule has 0 aliphatic heterocycles. The van der Waals surface area contributed by atoms with Crippen LogP contribution < -0.4 is 0 Å². The number of hydrogen-bond acceptors (Lipinski definition) is 12. The van der Waals surface area contributed by atoms with Gasteiger partial charge in [-0.3, -0.25) is 0 Å². The summed E-state index contributed by atoms with van der Waals surface area (Å²) in [4.78, 5) is 13.4. The fraction of sp³-hybridized carbons (Fsp3) is 0.941. The van der Waals surface area contributed by atoms with Crippen molar-refractivity contribution in [3.8, 4) is 0 Å². The first-order valence-electron chi connectivity index (χ1n) is 52.1. The molecule has 0 spiro atoms. The van der Waals surface area contributed by atoms with Gasteiger partial charge in [0.1, 0.15) is 0 Å². The van der Waals surface area contributed by atoms with Crippen LogP contribution in [0.2, 0.25) is 0 Å². The number of nitrogens with zero attached hydrogens (tertiary/aromatic N) is 6. The Balaban J connectivity index is -0.000000212. The van der Waals surface area contributed by atoms with E-state index in [1.165, 1.54) is 462 Å². The van der Waals surface area contributed by atoms with E-state index in [2.05, 4.69) is 112 Å². The molecule has 20 heteroatoms. The van der Waals surface area contributed by atoms with E-state index in [0.717, 1.165) is 78.5 Å². The minimum Gasteiger partial charge on any atom is -2.00 e. The number of rotatable bonds is 84. The molecule has 0 heterocycles. The van der Waals surface area contributed by atoms with Crippen LogP contribution in [0.3, 0.4) is 0 Å². The van der Waals surface area contributed by atoms with Gasteiger partial charge in [-0.2, -0.15) is 0 Å². The SMILES string of the molecule is CCCCCCCCN(CCCCCCCC)C(=S)[S-].CCCCCCCCN(CCCCCCCC)C(=S)[S-].CCCCCCCCN(CCCCCCCC)C(=S)[S-].CCCCCCCCN(CCCCCCCC)C(=S)[S-].CCCCCCCCN(CCCCCCCC)C(=S)[S-].CCCCCCCCN(CCCCCCCC)C(=S)[S-].[Mo].[S-2]. The van der Waals surface area contributed by atoms with Crippen LogP contribution >= 0.6 is 73.3 Å². The molecule has 0 amide bonds. The number of unbranched alkanes of at least 4 members (excludes halogenated alkanes) is 60. The first-order chi connectivity index (χ1) is 58.3. The van der Waals surface area contributed by atoms with Crippen LogP contribution in [0.1, 0.15) is 545 Å². The average molecular weight is 2030 g/mol. The maximum atomic E-state index is 5.20. The smallest absolute Gasteiger partial charge is 0.0162 e. The fourth-order valence-corrected chi connectivity index (χ4v) is 17.0. The fourth-order valence-electron chi connectivity index (χ4n) is 14.8. The molecule has 0 saturated heterocycles. The summed E-state index contributed by atoms with van der Waals surface area (Å²) in [5.74, 6) is 0. The Morgan fingerprint density at radius 1 is 0.131 bits per heavy atom. The number of thiocarbonyl (C=S) groups is 6. The standard InChI is InChI=1S/6C17H35NS2.Mo.S/c6*1-3-5-7-9-11-13-15-18(17(19)20)16-14-12-10-8-6-4-2;;/h6*3-16H2,1-2H3,(H,19,20);;/q;;;;;;;-2/p-6. The zero-order valence-corrected chi connectivity index (χ0v) is 95.4. The second kappa shape index (κ2) is 123. The Morgan fingerprint density at radius 3 is 0.246 bits per heavy atom. The Bertz CT molecular complexity index is 1590. The monoisotopic (exact) mass is 2030 g/mol. The summed E-state index contributed by atoms with van der Waals surface area (Å²) in [7, 11) is 0. The summed E-state index contributed by atoms with van der Waals surface area (Å²) in [6.45, 7) is 40.0. The molecular formula is C102H204MoN6S13-8. The van der Waals surface area contributed by atoms with Gasteiger partial charge in [0.25, 0.3) is 0 Å². The van der Waals surface area contributed by atoms with Gasteiger partial charge in [-0.15, -0.1) is 0 Å². The first kappa shape index (κ1) is 139. The first-order valence-corrected chi connectivity index (χ1v) is 57.0. The maximum Gasteiger partial charge on any atom is 0.0162 e. The molecule has 6 nitrogen and oxygen atoms in total. The molecule has 0 unspecified atom stereocenters. The molecule has 734 valence electrons. The summed E-state index contributed by atoms with van der Waals surface area (Å²) in [6.07, 6.45) is 96.1. The Morgan fingerprint density at radius 2 is 0.189 bits per heavy atom. The molecule has 0 aromatic carbocycles. The third-order valence-electron chi connectivity index (χ3n) is 22.9. The molecule has 0 rings (SSSR count). The third kappa shape index (κ3) is 120. The van der Waals surface area contributed by atoms with Crippen LogP contribution in [-0.4, -0.2) is 134 Å². The van der Waals surface area contributed by atoms with E-state index in [9.17, 15) is 0 Å². The molecule has 0 radical (unpaired) electrons. The predicted octanol–water partition coefficient (Wildman–Crippen LogP) is 35.0. The largest absolute Gasteiger partial charge is 2.00 e. The van der Waals surface area contributed by atoms with Crippen LogP contribution in [0.4, 0.5) is 0 Å². The van der Waals surface area contributed by atoms with Crippen molar-refractivity contribution >= 4 is 188 Å². The summed E-state index contributed by atoms with van der Waals surface area (Å²) in [5.41, 5.74) is 0. The van der Waals surface area contributed by atoms with Crippen molar-refractivity contribution < 1.29 is 21.1 Å². The van der Waals surface area contributed by atoms with Crippen molar-refractivity contribution in [1.29, 1.82) is 0 Å². The van der Waals surface area contributed by atoms with Crippen molar-refractivity contribution in [2.45, 2.75) is 545 Å². The normalized spacial score (nSPS) is 10.5. The van der Waals surface area contributed by atoms with Gasteiger partial charge in [0.15, 0.2) is 0 Å². The molecule has 0 aromatic rings. The zero-order chi connectivity index (χ0) is 90.3. The molecule has 0 bridgehead atoms. The van der Waals surface area contributed by atoms with Gasteiger partial charge in [-0.1, -0.05) is 494 Å². The minimum atomic E-state index is 0. The summed E-state index contributed by atoms with van der Waals surface area (Å²) in [6, 6.07) is 0. The molecule has 0 aliphatic carbocycles. The van der Waals surface area contributed by atoms with Crippen molar-refractivity contribution in [3.63, 3.8) is 0 Å². The van der Waals surface area contributed by atoms with Crippen molar-refractivity contribution in [2.24, 2.45) is 0 Å². The van der Waals surface area contributed by atoms with E-state index in [-0.39, 0.29) is 34.6 Å². The van der Waals surface area contributed by atoms with Gasteiger partial charge in [-0.25, -0.2) is 0 Å². The molecule has 0 saturated carbocycles. The van der Waals surface area contributed by atoms with Gasteiger partial charge < -0.3 is 192 Å². The minimum absolute atomic E-state index is 0. The zero-order valence-electron chi connectivity index (χ0n) is 82.8. The van der Waals surface area contributed by atoms with Gasteiger partial charge in [-0.05, 0) is 77.0 Å². The topological polar surface area (TPSA) is 19.4 Å². The van der Waals surface area contributed by atoms with E-state index >= 15 is 0 Å². The van der Waals surface area contributed by atoms with Crippen LogP contribution in [0.25, 0.3) is 0 Å². The van der Waals surface area contributed by atoms with E-state index in [1.807, 2.05) is 0 Å². The predicted molar refractivity (Wildman–Crippen MR) is 597 cm³/mol. The Kier molecular flexibility index (Phi) is 140. The molecule has 122 heavy (non-hydrogen) atoms. The average Bonchev–Trinajstić information content (AvgIpc) is 1.00. The van der Waals surface area contributed by atoms with Crippen molar-refractivity contribution in [1.82, 2.24) is 29.4 Å². The quantitative estimate of drug-likeness (QED) is 0.0249. The van der Waals surface area contributed by atoms with E-state index in [0.29, 0.717) is 25.9 Å². The van der Waals surface area contributed by atoms with Crippen LogP contribution in [0, 0.1) is 0 Å². The van der Waals surface area contributed by atoms with E-state index in [4.69, 9.17) is 149 Å².